The van der Waals surface area contributed by atoms with Gasteiger partial charge in [-0.15, -0.1) is 0 Å². The zero-order chi connectivity index (χ0) is 13.3. The van der Waals surface area contributed by atoms with Crippen molar-refractivity contribution >= 4 is 0 Å². The molecule has 1 aromatic rings. The maximum atomic E-state index is 13.2. The van der Waals surface area contributed by atoms with Crippen LogP contribution in [-0.4, -0.2) is 25.3 Å². The molecule has 2 nitrogen and oxygen atoms in total. The van der Waals surface area contributed by atoms with E-state index in [0.717, 1.165) is 12.1 Å². The minimum atomic E-state index is -4.43. The first-order valence-electron chi connectivity index (χ1n) is 5.68. The fraction of sp³-hybridized carbons (Fsp3) is 0.500. The van der Waals surface area contributed by atoms with E-state index >= 15 is 0 Å². The van der Waals surface area contributed by atoms with Crippen LogP contribution in [0.5, 0.6) is 0 Å². The smallest absolute Gasteiger partial charge is 0.326 e. The number of rotatable bonds is 2. The molecule has 1 aliphatic rings. The van der Waals surface area contributed by atoms with Crippen LogP contribution in [0.15, 0.2) is 24.3 Å². The lowest BCUT2D eigenvalue weighted by atomic mass is 9.82. The lowest BCUT2D eigenvalue weighted by Gasteiger charge is -2.28. The van der Waals surface area contributed by atoms with Gasteiger partial charge in [0.05, 0.1) is 5.92 Å². The quantitative estimate of drug-likeness (QED) is 0.800. The molecule has 0 radical (unpaired) electrons. The molecule has 100 valence electrons. The Hall–Kier alpha value is -1.14. The lowest BCUT2D eigenvalue weighted by Crippen LogP contribution is -2.39. The van der Waals surface area contributed by atoms with Crippen molar-refractivity contribution in [2.45, 2.75) is 18.1 Å². The van der Waals surface area contributed by atoms with Crippen LogP contribution in [0.25, 0.3) is 0 Å². The van der Waals surface area contributed by atoms with Gasteiger partial charge in [0, 0.05) is 25.0 Å². The zero-order valence-corrected chi connectivity index (χ0v) is 9.54. The van der Waals surface area contributed by atoms with Crippen LogP contribution in [0.4, 0.5) is 17.6 Å². The maximum Gasteiger partial charge on any atom is 0.396 e. The van der Waals surface area contributed by atoms with Gasteiger partial charge in [0.2, 0.25) is 0 Å². The van der Waals surface area contributed by atoms with Crippen molar-refractivity contribution in [2.24, 2.45) is 11.7 Å². The standard InChI is InChI=1S/C12H14F4N2/c13-8-3-1-2-7(4-8)11(12(14,15)16)9-5-18-6-10(9)17/h1-4,9-11,18H,5-6,17H2/t9-,10-,11?/m0/s1. The number of nitrogens with one attached hydrogen (secondary N) is 1. The van der Waals surface area contributed by atoms with Crippen molar-refractivity contribution in [1.29, 1.82) is 0 Å². The minimum Gasteiger partial charge on any atom is -0.326 e. The summed E-state index contributed by atoms with van der Waals surface area (Å²) in [7, 11) is 0. The van der Waals surface area contributed by atoms with Gasteiger partial charge >= 0.3 is 6.18 Å². The molecule has 18 heavy (non-hydrogen) atoms. The van der Waals surface area contributed by atoms with Crippen molar-refractivity contribution < 1.29 is 17.6 Å². The van der Waals surface area contributed by atoms with E-state index in [1.54, 1.807) is 0 Å². The summed E-state index contributed by atoms with van der Waals surface area (Å²) in [5.74, 6) is -3.15. The minimum absolute atomic E-state index is 0.0633. The van der Waals surface area contributed by atoms with E-state index in [1.807, 2.05) is 0 Å². The van der Waals surface area contributed by atoms with E-state index < -0.39 is 29.9 Å². The van der Waals surface area contributed by atoms with Crippen molar-refractivity contribution in [1.82, 2.24) is 5.32 Å². The topological polar surface area (TPSA) is 38.0 Å². The van der Waals surface area contributed by atoms with Crippen molar-refractivity contribution in [3.05, 3.63) is 35.6 Å². The molecule has 1 saturated heterocycles. The van der Waals surface area contributed by atoms with E-state index in [9.17, 15) is 17.6 Å². The van der Waals surface area contributed by atoms with E-state index in [0.29, 0.717) is 6.54 Å². The molecule has 1 fully saturated rings. The molecular formula is C12H14F4N2. The van der Waals surface area contributed by atoms with Crippen LogP contribution in [0.3, 0.4) is 0 Å². The van der Waals surface area contributed by atoms with Crippen LogP contribution < -0.4 is 11.1 Å². The Balaban J connectivity index is 2.37. The SMILES string of the molecule is N[C@H]1CNC[C@@H]1C(c1cccc(F)c1)C(F)(F)F. The van der Waals surface area contributed by atoms with Gasteiger partial charge < -0.3 is 11.1 Å². The fourth-order valence-electron chi connectivity index (χ4n) is 2.46. The number of halogens is 4. The highest BCUT2D eigenvalue weighted by Gasteiger charge is 2.48. The molecule has 0 aliphatic carbocycles. The molecule has 0 amide bonds. The predicted octanol–water partition coefficient (Wildman–Crippen LogP) is 2.02. The first-order chi connectivity index (χ1) is 8.39. The lowest BCUT2D eigenvalue weighted by molar-refractivity contribution is -0.161. The Kier molecular flexibility index (Phi) is 3.59. The monoisotopic (exact) mass is 262 g/mol. The van der Waals surface area contributed by atoms with Crippen LogP contribution in [0.2, 0.25) is 0 Å². The van der Waals surface area contributed by atoms with E-state index in [4.69, 9.17) is 5.73 Å². The summed E-state index contributed by atoms with van der Waals surface area (Å²) in [5.41, 5.74) is 5.63. The maximum absolute atomic E-state index is 13.2. The van der Waals surface area contributed by atoms with Crippen LogP contribution in [0, 0.1) is 11.7 Å². The van der Waals surface area contributed by atoms with Crippen LogP contribution in [-0.2, 0) is 0 Å². The van der Waals surface area contributed by atoms with Crippen molar-refractivity contribution in [3.63, 3.8) is 0 Å². The Morgan fingerprint density at radius 2 is 2.00 bits per heavy atom. The van der Waals surface area contributed by atoms with E-state index in [1.165, 1.54) is 12.1 Å². The third-order valence-corrected chi connectivity index (χ3v) is 3.30. The third kappa shape index (κ3) is 2.64. The summed E-state index contributed by atoms with van der Waals surface area (Å²) in [6, 6.07) is 4.08. The molecule has 2 rings (SSSR count). The molecule has 1 unspecified atom stereocenters. The number of benzene rings is 1. The van der Waals surface area contributed by atoms with Crippen LogP contribution in [0.1, 0.15) is 11.5 Å². The average Bonchev–Trinajstić information content (AvgIpc) is 2.63. The zero-order valence-electron chi connectivity index (χ0n) is 9.54. The molecule has 3 N–H and O–H groups in total. The largest absolute Gasteiger partial charge is 0.396 e. The number of alkyl halides is 3. The number of nitrogens with two attached hydrogens (primary N) is 1. The van der Waals surface area contributed by atoms with Crippen molar-refractivity contribution in [3.8, 4) is 0 Å². The highest BCUT2D eigenvalue weighted by Crippen LogP contribution is 2.42. The molecule has 3 atom stereocenters. The Bertz CT molecular complexity index is 419. The van der Waals surface area contributed by atoms with Gasteiger partial charge in [0.15, 0.2) is 0 Å². The number of hydrogen-bond acceptors (Lipinski definition) is 2. The Morgan fingerprint density at radius 1 is 1.28 bits per heavy atom. The second-order valence-corrected chi connectivity index (χ2v) is 4.56. The first-order valence-corrected chi connectivity index (χ1v) is 5.68. The molecule has 1 aliphatic heterocycles. The van der Waals surface area contributed by atoms with Crippen molar-refractivity contribution in [2.75, 3.05) is 13.1 Å². The fourth-order valence-corrected chi connectivity index (χ4v) is 2.46. The van der Waals surface area contributed by atoms with E-state index in [-0.39, 0.29) is 12.1 Å². The van der Waals surface area contributed by atoms with E-state index in [2.05, 4.69) is 5.32 Å². The Morgan fingerprint density at radius 3 is 2.50 bits per heavy atom. The second-order valence-electron chi connectivity index (χ2n) is 4.56. The second kappa shape index (κ2) is 4.85. The molecule has 1 aromatic carbocycles. The molecule has 0 saturated carbocycles. The van der Waals surface area contributed by atoms with Crippen LogP contribution >= 0.6 is 0 Å². The number of hydrogen-bond donors (Lipinski definition) is 2. The predicted molar refractivity (Wildman–Crippen MR) is 59.5 cm³/mol. The molecule has 1 heterocycles. The summed E-state index contributed by atoms with van der Waals surface area (Å²) in [4.78, 5) is 0. The highest BCUT2D eigenvalue weighted by atomic mass is 19.4. The summed E-state index contributed by atoms with van der Waals surface area (Å²) in [6.45, 7) is 0.550. The van der Waals surface area contributed by atoms with Gasteiger partial charge in [0.25, 0.3) is 0 Å². The molecular weight excluding hydrogens is 248 g/mol. The highest BCUT2D eigenvalue weighted by molar-refractivity contribution is 5.24. The normalized spacial score (nSPS) is 26.3. The van der Waals surface area contributed by atoms with Gasteiger partial charge in [-0.1, -0.05) is 12.1 Å². The summed E-state index contributed by atoms with van der Waals surface area (Å²) < 4.78 is 52.6. The molecule has 0 aromatic heterocycles. The third-order valence-electron chi connectivity index (χ3n) is 3.30. The van der Waals surface area contributed by atoms with Gasteiger partial charge in [-0.05, 0) is 17.7 Å². The van der Waals surface area contributed by atoms with Gasteiger partial charge in [-0.2, -0.15) is 13.2 Å². The summed E-state index contributed by atoms with van der Waals surface area (Å²) in [6.07, 6.45) is -4.43. The molecule has 0 bridgehead atoms. The summed E-state index contributed by atoms with van der Waals surface area (Å²) >= 11 is 0. The molecule has 6 heteroatoms. The first kappa shape index (κ1) is 13.3. The van der Waals surface area contributed by atoms with Gasteiger partial charge in [-0.3, -0.25) is 0 Å². The molecule has 0 spiro atoms. The van der Waals surface area contributed by atoms with Gasteiger partial charge in [0.1, 0.15) is 5.82 Å². The average molecular weight is 262 g/mol. The Labute approximate surface area is 102 Å². The van der Waals surface area contributed by atoms with Gasteiger partial charge in [-0.25, -0.2) is 4.39 Å². The summed E-state index contributed by atoms with van der Waals surface area (Å²) in [5, 5.41) is 2.84.